The number of likely N-dealkylation sites (N-methyl/N-ethyl adjacent to an activating group) is 1. The normalized spacial score (nSPS) is 16.9. The molecule has 10 heteroatoms. The first-order chi connectivity index (χ1) is 19.7. The fourth-order valence-electron chi connectivity index (χ4n) is 4.49. The van der Waals surface area contributed by atoms with Crippen LogP contribution in [-0.2, 0) is 6.42 Å². The number of halogens is 3. The monoisotopic (exact) mass is 583 g/mol. The molecule has 0 aliphatic carbocycles. The lowest BCUT2D eigenvalue weighted by Gasteiger charge is -2.31. The summed E-state index contributed by atoms with van der Waals surface area (Å²) >= 11 is 0. The summed E-state index contributed by atoms with van der Waals surface area (Å²) in [5, 5.41) is 2.71. The lowest BCUT2D eigenvalue weighted by molar-refractivity contribution is -0.148. The van der Waals surface area contributed by atoms with E-state index in [1.54, 1.807) is 32.3 Å². The minimum Gasteiger partial charge on any atom is -0.363 e. The molecule has 228 valence electrons. The van der Waals surface area contributed by atoms with Gasteiger partial charge in [-0.2, -0.15) is 13.2 Å². The molecule has 0 radical (unpaired) electrons. The number of benzene rings is 1. The summed E-state index contributed by atoms with van der Waals surface area (Å²) in [6.07, 6.45) is 6.15. The molecule has 0 bridgehead atoms. The van der Waals surface area contributed by atoms with Crippen LogP contribution >= 0.6 is 0 Å². The lowest BCUT2D eigenvalue weighted by Crippen LogP contribution is -2.45. The Morgan fingerprint density at radius 3 is 2.33 bits per heavy atom. The summed E-state index contributed by atoms with van der Waals surface area (Å²) in [4.78, 5) is 10.6. The van der Waals surface area contributed by atoms with Gasteiger partial charge in [-0.05, 0) is 77.0 Å². The van der Waals surface area contributed by atoms with E-state index in [1.807, 2.05) is 84.0 Å². The zero-order valence-corrected chi connectivity index (χ0v) is 26.1. The average molecular weight is 584 g/mol. The molecule has 7 nitrogen and oxygen atoms in total. The van der Waals surface area contributed by atoms with Crippen LogP contribution in [0.3, 0.4) is 0 Å². The fraction of sp³-hybridized carbons (Fsp3) is 0.375. The molecule has 0 saturated carbocycles. The molecule has 2 rings (SSSR count). The van der Waals surface area contributed by atoms with Crippen LogP contribution in [0.15, 0.2) is 99.6 Å². The van der Waals surface area contributed by atoms with Crippen LogP contribution in [0, 0.1) is 6.92 Å². The number of alkyl halides is 3. The van der Waals surface area contributed by atoms with Crippen molar-refractivity contribution in [1.82, 2.24) is 15.3 Å². The first kappa shape index (κ1) is 34.3. The molecular weight excluding hydrogens is 539 g/mol. The minimum atomic E-state index is -4.54. The Balaban J connectivity index is 2.58. The summed E-state index contributed by atoms with van der Waals surface area (Å²) in [5.74, 6) is 7.23. The van der Waals surface area contributed by atoms with Crippen molar-refractivity contribution in [3.63, 3.8) is 0 Å². The van der Waals surface area contributed by atoms with E-state index in [1.165, 1.54) is 10.0 Å². The Kier molecular flexibility index (Phi) is 12.1. The average Bonchev–Trinajstić information content (AvgIpc) is 3.36. The smallest absolute Gasteiger partial charge is 0.363 e. The van der Waals surface area contributed by atoms with Crippen molar-refractivity contribution < 1.29 is 13.2 Å². The van der Waals surface area contributed by atoms with Crippen LogP contribution in [0.5, 0.6) is 0 Å². The van der Waals surface area contributed by atoms with Crippen molar-refractivity contribution in [3.8, 4) is 0 Å². The third kappa shape index (κ3) is 8.56. The number of aliphatic imine (C=N–C) groups is 2. The molecule has 0 spiro atoms. The number of anilines is 1. The Hall–Kier alpha value is -3.89. The quantitative estimate of drug-likeness (QED) is 0.105. The molecule has 3 N–H and O–H groups in total. The number of hydrazine groups is 2. The highest BCUT2D eigenvalue weighted by molar-refractivity contribution is 6.01. The number of allylic oxidation sites excluding steroid dienone is 4. The van der Waals surface area contributed by atoms with Gasteiger partial charge in [-0.3, -0.25) is 20.0 Å². The molecule has 1 atom stereocenters. The van der Waals surface area contributed by atoms with E-state index >= 15 is 0 Å². The molecule has 0 saturated heterocycles. The van der Waals surface area contributed by atoms with Gasteiger partial charge in [0.1, 0.15) is 11.9 Å². The van der Waals surface area contributed by atoms with Crippen molar-refractivity contribution in [3.05, 3.63) is 101 Å². The van der Waals surface area contributed by atoms with Crippen LogP contribution in [0.1, 0.15) is 45.7 Å². The molecule has 42 heavy (non-hydrogen) atoms. The molecule has 0 amide bonds. The van der Waals surface area contributed by atoms with Crippen LogP contribution in [0.2, 0.25) is 0 Å². The number of amidine groups is 1. The molecule has 0 aromatic heterocycles. The second-order valence-electron chi connectivity index (χ2n) is 10.4. The molecule has 0 fully saturated rings. The number of rotatable bonds is 10. The van der Waals surface area contributed by atoms with Crippen LogP contribution < -0.4 is 16.3 Å². The Bertz CT molecular complexity index is 1350. The Morgan fingerprint density at radius 2 is 1.83 bits per heavy atom. The number of nitrogens with two attached hydrogens (primary N) is 1. The fourth-order valence-corrected chi connectivity index (χ4v) is 4.49. The number of nitrogens with zero attached hydrogens (tertiary/aromatic N) is 5. The number of nitrogens with one attached hydrogen (secondary N) is 1. The third-order valence-electron chi connectivity index (χ3n) is 6.50. The van der Waals surface area contributed by atoms with Crippen molar-refractivity contribution in [2.24, 2.45) is 15.8 Å². The maximum absolute atomic E-state index is 14.0. The van der Waals surface area contributed by atoms with Crippen LogP contribution in [-0.4, -0.2) is 54.8 Å². The molecule has 1 aromatic rings. The highest BCUT2D eigenvalue weighted by Gasteiger charge is 2.44. The first-order valence-electron chi connectivity index (χ1n) is 13.6. The van der Waals surface area contributed by atoms with Gasteiger partial charge >= 0.3 is 6.18 Å². The zero-order valence-electron chi connectivity index (χ0n) is 26.1. The Labute approximate surface area is 248 Å². The summed E-state index contributed by atoms with van der Waals surface area (Å²) < 4.78 is 42.1. The van der Waals surface area contributed by atoms with E-state index in [0.717, 1.165) is 34.1 Å². The second-order valence-corrected chi connectivity index (χ2v) is 10.4. The molecule has 1 aliphatic rings. The maximum Gasteiger partial charge on any atom is 0.409 e. The van der Waals surface area contributed by atoms with Gasteiger partial charge in [-0.25, -0.2) is 11.3 Å². The number of hydrogen-bond donors (Lipinski definition) is 2. The van der Waals surface area contributed by atoms with Gasteiger partial charge in [0.2, 0.25) is 0 Å². The molecule has 1 aromatic carbocycles. The minimum absolute atomic E-state index is 0.190. The van der Waals surface area contributed by atoms with Gasteiger partial charge in [0.15, 0.2) is 0 Å². The summed E-state index contributed by atoms with van der Waals surface area (Å²) in [6.45, 7) is 15.6. The maximum atomic E-state index is 14.0. The van der Waals surface area contributed by atoms with E-state index < -0.39 is 12.2 Å². The highest BCUT2D eigenvalue weighted by Crippen LogP contribution is 2.35. The second kappa shape index (κ2) is 14.8. The van der Waals surface area contributed by atoms with E-state index in [9.17, 15) is 13.2 Å². The van der Waals surface area contributed by atoms with Gasteiger partial charge in [-0.15, -0.1) is 0 Å². The van der Waals surface area contributed by atoms with Gasteiger partial charge in [0, 0.05) is 45.0 Å². The third-order valence-corrected chi connectivity index (χ3v) is 6.50. The summed E-state index contributed by atoms with van der Waals surface area (Å²) in [7, 11) is 5.41. The number of hydrogen-bond acceptors (Lipinski definition) is 6. The summed E-state index contributed by atoms with van der Waals surface area (Å²) in [6, 6.07) is 3.84. The Morgan fingerprint density at radius 1 is 1.17 bits per heavy atom. The molecule has 1 aliphatic heterocycles. The van der Waals surface area contributed by atoms with E-state index in [2.05, 4.69) is 22.0 Å². The van der Waals surface area contributed by atoms with Crippen molar-refractivity contribution >= 4 is 17.2 Å². The van der Waals surface area contributed by atoms with Gasteiger partial charge in [0.05, 0.1) is 22.8 Å². The van der Waals surface area contributed by atoms with Crippen molar-refractivity contribution in [2.75, 3.05) is 26.2 Å². The van der Waals surface area contributed by atoms with Crippen molar-refractivity contribution in [2.45, 2.75) is 60.2 Å². The highest BCUT2D eigenvalue weighted by atomic mass is 19.4. The van der Waals surface area contributed by atoms with Gasteiger partial charge in [-0.1, -0.05) is 36.4 Å². The first-order valence-corrected chi connectivity index (χ1v) is 13.6. The lowest BCUT2D eigenvalue weighted by atomic mass is 10.0. The van der Waals surface area contributed by atoms with E-state index in [0.29, 0.717) is 23.6 Å². The SMILES string of the molecule is C=C(C1=CC(C(F)(F)F)NN1C(/C=C\C)=C/C(C(=NC)N(C)C)=C(C)C)N(N)c1ccc(CC(C)=N/C=C\C)cc1C. The van der Waals surface area contributed by atoms with Crippen LogP contribution in [0.25, 0.3) is 0 Å². The van der Waals surface area contributed by atoms with Crippen LogP contribution in [0.4, 0.5) is 18.9 Å². The van der Waals surface area contributed by atoms with Gasteiger partial charge in [0.25, 0.3) is 0 Å². The van der Waals surface area contributed by atoms with Crippen molar-refractivity contribution in [1.29, 1.82) is 0 Å². The standard InChI is InChI=1S/C32H44F3N7/c1-11-13-26(19-27(21(3)4)31(37-8)40(9)10)42-29(20-30(39-42)32(33,34)35)24(7)41(36)28-15-14-25(17-22(28)5)18-23(6)38-16-12-2/h11-17,19-20,30,39H,7,18,36H2,1-6,8-10H3/b13-11-,16-12-,26-19+,37-31?,38-23?. The topological polar surface area (TPSA) is 72.5 Å². The summed E-state index contributed by atoms with van der Waals surface area (Å²) in [5.41, 5.74) is 8.66. The molecule has 1 heterocycles. The predicted octanol–water partition coefficient (Wildman–Crippen LogP) is 6.75. The molecule has 1 unspecified atom stereocenters. The molecular formula is C32H44F3N7. The van der Waals surface area contributed by atoms with E-state index in [-0.39, 0.29) is 11.4 Å². The number of aryl methyl sites for hydroxylation is 1. The van der Waals surface area contributed by atoms with Gasteiger partial charge < -0.3 is 4.90 Å². The zero-order chi connectivity index (χ0) is 31.8. The largest absolute Gasteiger partial charge is 0.409 e. The predicted molar refractivity (Wildman–Crippen MR) is 170 cm³/mol. The van der Waals surface area contributed by atoms with E-state index in [4.69, 9.17) is 5.84 Å².